The van der Waals surface area contributed by atoms with Crippen LogP contribution in [-0.4, -0.2) is 31.9 Å². The molecule has 1 heterocycles. The van der Waals surface area contributed by atoms with E-state index in [9.17, 15) is 18.0 Å². The Hall–Kier alpha value is -3.33. The summed E-state index contributed by atoms with van der Waals surface area (Å²) in [5.74, 6) is -1.53. The molecule has 27 heavy (non-hydrogen) atoms. The third-order valence-electron chi connectivity index (χ3n) is 3.73. The standard InChI is InChI=1S/C18H16N2O6S/c21-17-11-20(27(24,25)19-17)15-8-6-13(7-9-18(22)23)10-16(15)26-12-14-4-2-1-3-5-14/h1-10H,11-12H2,(H,19,21)(H,22,23)/b9-7+. The van der Waals surface area contributed by atoms with Crippen LogP contribution >= 0.6 is 0 Å². The summed E-state index contributed by atoms with van der Waals surface area (Å²) in [7, 11) is -3.99. The van der Waals surface area contributed by atoms with Gasteiger partial charge in [0.25, 0.3) is 5.91 Å². The molecular formula is C18H16N2O6S. The predicted octanol–water partition coefficient (Wildman–Crippen LogP) is 1.54. The molecule has 0 unspecified atom stereocenters. The van der Waals surface area contributed by atoms with Gasteiger partial charge in [0.2, 0.25) is 0 Å². The van der Waals surface area contributed by atoms with Crippen molar-refractivity contribution in [2.45, 2.75) is 6.61 Å². The second-order valence-electron chi connectivity index (χ2n) is 5.71. The van der Waals surface area contributed by atoms with E-state index in [0.29, 0.717) is 5.56 Å². The Balaban J connectivity index is 1.96. The molecule has 1 fully saturated rings. The lowest BCUT2D eigenvalue weighted by Gasteiger charge is -2.19. The SMILES string of the molecule is O=C(O)/C=C/c1ccc(N2CC(=O)NS2(=O)=O)c(OCc2ccccc2)c1. The third-order valence-corrected chi connectivity index (χ3v) is 5.12. The maximum absolute atomic E-state index is 12.1. The molecule has 1 saturated heterocycles. The molecule has 0 spiro atoms. The number of carbonyl (C=O) groups is 2. The van der Waals surface area contributed by atoms with Crippen molar-refractivity contribution in [3.63, 3.8) is 0 Å². The first-order chi connectivity index (χ1) is 12.8. The lowest BCUT2D eigenvalue weighted by atomic mass is 10.1. The lowest BCUT2D eigenvalue weighted by Crippen LogP contribution is -2.29. The van der Waals surface area contributed by atoms with E-state index in [4.69, 9.17) is 9.84 Å². The van der Waals surface area contributed by atoms with E-state index in [2.05, 4.69) is 0 Å². The highest BCUT2D eigenvalue weighted by molar-refractivity contribution is 7.92. The molecule has 1 amide bonds. The smallest absolute Gasteiger partial charge is 0.328 e. The molecule has 3 rings (SSSR count). The molecule has 0 radical (unpaired) electrons. The molecule has 1 aliphatic heterocycles. The summed E-state index contributed by atoms with van der Waals surface area (Å²) < 4.78 is 32.9. The molecule has 0 saturated carbocycles. The van der Waals surface area contributed by atoms with Crippen LogP contribution in [0, 0.1) is 0 Å². The molecule has 2 aromatic rings. The van der Waals surface area contributed by atoms with E-state index in [1.165, 1.54) is 18.2 Å². The average Bonchev–Trinajstić information content (AvgIpc) is 2.91. The van der Waals surface area contributed by atoms with Crippen LogP contribution in [0.4, 0.5) is 5.69 Å². The minimum atomic E-state index is -3.99. The van der Waals surface area contributed by atoms with E-state index in [-0.39, 0.29) is 24.6 Å². The predicted molar refractivity (Wildman–Crippen MR) is 98.3 cm³/mol. The van der Waals surface area contributed by atoms with Crippen molar-refractivity contribution in [1.82, 2.24) is 4.72 Å². The minimum absolute atomic E-state index is 0.176. The Kier molecular flexibility index (Phi) is 5.13. The monoisotopic (exact) mass is 388 g/mol. The van der Waals surface area contributed by atoms with Crippen molar-refractivity contribution in [3.8, 4) is 5.75 Å². The number of ether oxygens (including phenoxy) is 1. The van der Waals surface area contributed by atoms with Gasteiger partial charge < -0.3 is 9.84 Å². The van der Waals surface area contributed by atoms with Gasteiger partial charge in [-0.15, -0.1) is 0 Å². The topological polar surface area (TPSA) is 113 Å². The fourth-order valence-electron chi connectivity index (χ4n) is 2.52. The van der Waals surface area contributed by atoms with Gasteiger partial charge in [0.05, 0.1) is 5.69 Å². The quantitative estimate of drug-likeness (QED) is 0.726. The van der Waals surface area contributed by atoms with Gasteiger partial charge in [0.15, 0.2) is 0 Å². The largest absolute Gasteiger partial charge is 0.487 e. The minimum Gasteiger partial charge on any atom is -0.487 e. The third kappa shape index (κ3) is 4.45. The van der Waals surface area contributed by atoms with Gasteiger partial charge in [-0.25, -0.2) is 13.8 Å². The van der Waals surface area contributed by atoms with Gasteiger partial charge in [0.1, 0.15) is 18.9 Å². The van der Waals surface area contributed by atoms with Crippen LogP contribution < -0.4 is 13.8 Å². The van der Waals surface area contributed by atoms with Gasteiger partial charge in [-0.05, 0) is 29.3 Å². The number of hydrogen-bond donors (Lipinski definition) is 2. The highest BCUT2D eigenvalue weighted by atomic mass is 32.2. The summed E-state index contributed by atoms with van der Waals surface area (Å²) in [4.78, 5) is 22.2. The Morgan fingerprint density at radius 2 is 1.96 bits per heavy atom. The molecule has 2 aromatic carbocycles. The normalized spacial score (nSPS) is 15.7. The summed E-state index contributed by atoms with van der Waals surface area (Å²) in [5.41, 5.74) is 1.57. The van der Waals surface area contributed by atoms with Crippen LogP contribution in [0.3, 0.4) is 0 Å². The van der Waals surface area contributed by atoms with Crippen molar-refractivity contribution in [3.05, 3.63) is 65.7 Å². The van der Waals surface area contributed by atoms with E-state index in [1.807, 2.05) is 35.1 Å². The van der Waals surface area contributed by atoms with Gasteiger partial charge in [-0.3, -0.25) is 4.79 Å². The number of benzene rings is 2. The van der Waals surface area contributed by atoms with Crippen molar-refractivity contribution < 1.29 is 27.9 Å². The molecule has 140 valence electrons. The number of nitrogens with one attached hydrogen (secondary N) is 1. The maximum Gasteiger partial charge on any atom is 0.328 e. The number of hydrogen-bond acceptors (Lipinski definition) is 5. The van der Waals surface area contributed by atoms with Crippen LogP contribution in [0.1, 0.15) is 11.1 Å². The van der Waals surface area contributed by atoms with Crippen LogP contribution in [0.2, 0.25) is 0 Å². The fraction of sp³-hybridized carbons (Fsp3) is 0.111. The number of carboxylic acids is 1. The van der Waals surface area contributed by atoms with E-state index < -0.39 is 22.1 Å². The van der Waals surface area contributed by atoms with Crippen molar-refractivity contribution in [2.24, 2.45) is 0 Å². The van der Waals surface area contributed by atoms with Crippen LogP contribution in [-0.2, 0) is 26.4 Å². The lowest BCUT2D eigenvalue weighted by molar-refractivity contribution is -0.131. The molecule has 8 nitrogen and oxygen atoms in total. The van der Waals surface area contributed by atoms with Crippen LogP contribution in [0.5, 0.6) is 5.75 Å². The summed E-state index contributed by atoms with van der Waals surface area (Å²) >= 11 is 0. The van der Waals surface area contributed by atoms with Gasteiger partial charge in [-0.1, -0.05) is 36.4 Å². The first kappa shape index (κ1) is 18.5. The second kappa shape index (κ2) is 7.50. The molecule has 0 bridgehead atoms. The Morgan fingerprint density at radius 3 is 2.59 bits per heavy atom. The first-order valence-electron chi connectivity index (χ1n) is 7.90. The number of rotatable bonds is 6. The zero-order valence-electron chi connectivity index (χ0n) is 14.0. The Bertz CT molecular complexity index is 1000. The molecule has 9 heteroatoms. The zero-order chi connectivity index (χ0) is 19.4. The van der Waals surface area contributed by atoms with Crippen LogP contribution in [0.25, 0.3) is 6.08 Å². The van der Waals surface area contributed by atoms with Crippen molar-refractivity contribution >= 4 is 33.8 Å². The van der Waals surface area contributed by atoms with E-state index in [1.54, 1.807) is 6.07 Å². The average molecular weight is 388 g/mol. The highest BCUT2D eigenvalue weighted by Crippen LogP contribution is 2.33. The molecule has 0 aromatic heterocycles. The molecule has 1 aliphatic rings. The Morgan fingerprint density at radius 1 is 1.22 bits per heavy atom. The zero-order valence-corrected chi connectivity index (χ0v) is 14.8. The van der Waals surface area contributed by atoms with Gasteiger partial charge >= 0.3 is 16.2 Å². The summed E-state index contributed by atoms with van der Waals surface area (Å²) in [5, 5.41) is 8.77. The number of amides is 1. The number of anilines is 1. The highest BCUT2D eigenvalue weighted by Gasteiger charge is 2.35. The second-order valence-corrected chi connectivity index (χ2v) is 7.30. The van der Waals surface area contributed by atoms with Crippen molar-refractivity contribution in [2.75, 3.05) is 10.8 Å². The van der Waals surface area contributed by atoms with Gasteiger partial charge in [-0.2, -0.15) is 8.42 Å². The number of aliphatic carboxylic acids is 1. The van der Waals surface area contributed by atoms with Crippen LogP contribution in [0.15, 0.2) is 54.6 Å². The summed E-state index contributed by atoms with van der Waals surface area (Å²) in [6, 6.07) is 13.8. The summed E-state index contributed by atoms with van der Waals surface area (Å²) in [6.45, 7) is -0.177. The molecular weight excluding hydrogens is 372 g/mol. The fourth-order valence-corrected chi connectivity index (χ4v) is 3.68. The molecule has 0 atom stereocenters. The Labute approximate surface area is 155 Å². The number of carboxylic acid groups (broad SMARTS) is 1. The summed E-state index contributed by atoms with van der Waals surface area (Å²) in [6.07, 6.45) is 2.33. The number of carbonyl (C=O) groups excluding carboxylic acids is 1. The maximum atomic E-state index is 12.1. The van der Waals surface area contributed by atoms with Gasteiger partial charge in [0, 0.05) is 6.08 Å². The van der Waals surface area contributed by atoms with E-state index in [0.717, 1.165) is 15.9 Å². The first-order valence-corrected chi connectivity index (χ1v) is 9.34. The molecule has 0 aliphatic carbocycles. The molecule has 2 N–H and O–H groups in total. The van der Waals surface area contributed by atoms with E-state index >= 15 is 0 Å². The number of nitrogens with zero attached hydrogens (tertiary/aromatic N) is 1. The van der Waals surface area contributed by atoms with Crippen molar-refractivity contribution in [1.29, 1.82) is 0 Å².